The second-order valence-corrected chi connectivity index (χ2v) is 8.40. The molecule has 0 spiro atoms. The van der Waals surface area contributed by atoms with Gasteiger partial charge in [0.1, 0.15) is 11.8 Å². The van der Waals surface area contributed by atoms with Gasteiger partial charge in [-0.25, -0.2) is 0 Å². The summed E-state index contributed by atoms with van der Waals surface area (Å²) in [6, 6.07) is 15.4. The normalized spacial score (nSPS) is 18.4. The third-order valence-electron chi connectivity index (χ3n) is 4.98. The van der Waals surface area contributed by atoms with Gasteiger partial charge in [0.2, 0.25) is 0 Å². The minimum absolute atomic E-state index is 0.0700. The lowest BCUT2D eigenvalue weighted by molar-refractivity contribution is -0.132. The lowest BCUT2D eigenvalue weighted by Crippen LogP contribution is -2.29. The summed E-state index contributed by atoms with van der Waals surface area (Å²) in [4.78, 5) is 28.4. The maximum absolute atomic E-state index is 13.1. The average Bonchev–Trinajstić information content (AvgIpc) is 3.31. The number of rotatable bonds is 3. The highest BCUT2D eigenvalue weighted by atomic mass is 35.5. The Kier molecular flexibility index (Phi) is 5.03. The molecule has 1 aliphatic heterocycles. The molecule has 146 valence electrons. The Balaban J connectivity index is 1.97. The third-order valence-corrected chi connectivity index (χ3v) is 6.14. The van der Waals surface area contributed by atoms with Crippen LogP contribution in [-0.2, 0) is 9.59 Å². The number of Topliss-reactive ketones (excluding diaryl/α,β-unsaturated/α-hetero) is 1. The number of hydrogen-bond acceptors (Lipinski definition) is 4. The first-order valence-corrected chi connectivity index (χ1v) is 10.3. The number of carbonyl (C=O) groups is 2. The molecule has 29 heavy (non-hydrogen) atoms. The van der Waals surface area contributed by atoms with E-state index in [2.05, 4.69) is 0 Å². The number of anilines is 1. The molecule has 1 aromatic heterocycles. The Morgan fingerprint density at radius 1 is 1.07 bits per heavy atom. The van der Waals surface area contributed by atoms with Crippen LogP contribution in [0.3, 0.4) is 0 Å². The molecular formula is C23H18ClNO3S. The number of aliphatic hydroxyl groups excluding tert-OH is 1. The monoisotopic (exact) mass is 423 g/mol. The molecule has 0 bridgehead atoms. The molecule has 0 saturated carbocycles. The van der Waals surface area contributed by atoms with Crippen LogP contribution in [0.2, 0.25) is 5.02 Å². The van der Waals surface area contributed by atoms with E-state index in [1.54, 1.807) is 24.3 Å². The van der Waals surface area contributed by atoms with Gasteiger partial charge in [-0.05, 0) is 54.6 Å². The van der Waals surface area contributed by atoms with Gasteiger partial charge in [0, 0.05) is 21.2 Å². The highest BCUT2D eigenvalue weighted by Crippen LogP contribution is 2.44. The van der Waals surface area contributed by atoms with Crippen molar-refractivity contribution in [3.63, 3.8) is 0 Å². The zero-order valence-electron chi connectivity index (χ0n) is 15.8. The first kappa shape index (κ1) is 19.4. The van der Waals surface area contributed by atoms with Crippen molar-refractivity contribution in [1.82, 2.24) is 0 Å². The van der Waals surface area contributed by atoms with Gasteiger partial charge in [0.15, 0.2) is 0 Å². The van der Waals surface area contributed by atoms with Gasteiger partial charge in [-0.15, -0.1) is 11.3 Å². The number of nitrogens with zero attached hydrogens (tertiary/aromatic N) is 1. The molecule has 1 atom stereocenters. The van der Waals surface area contributed by atoms with Crippen LogP contribution in [-0.4, -0.2) is 16.8 Å². The highest BCUT2D eigenvalue weighted by molar-refractivity contribution is 7.10. The summed E-state index contributed by atoms with van der Waals surface area (Å²) in [5, 5.41) is 13.3. The molecule has 3 aromatic rings. The maximum Gasteiger partial charge on any atom is 0.300 e. The van der Waals surface area contributed by atoms with Gasteiger partial charge in [-0.1, -0.05) is 41.9 Å². The summed E-state index contributed by atoms with van der Waals surface area (Å²) in [5.74, 6) is -1.58. The summed E-state index contributed by atoms with van der Waals surface area (Å²) in [5.41, 5.74) is 2.99. The fourth-order valence-electron chi connectivity index (χ4n) is 3.57. The third kappa shape index (κ3) is 3.37. The number of hydrogen-bond donors (Lipinski definition) is 1. The fourth-order valence-corrected chi connectivity index (χ4v) is 4.58. The topological polar surface area (TPSA) is 57.6 Å². The van der Waals surface area contributed by atoms with E-state index in [0.29, 0.717) is 16.3 Å². The quantitative estimate of drug-likeness (QED) is 0.336. The zero-order chi connectivity index (χ0) is 20.7. The van der Waals surface area contributed by atoms with Crippen LogP contribution in [0, 0.1) is 13.8 Å². The molecule has 6 heteroatoms. The van der Waals surface area contributed by atoms with E-state index in [9.17, 15) is 14.7 Å². The van der Waals surface area contributed by atoms with Crippen molar-refractivity contribution in [2.24, 2.45) is 0 Å². The molecule has 0 radical (unpaired) electrons. The van der Waals surface area contributed by atoms with Gasteiger partial charge in [0.25, 0.3) is 11.7 Å². The predicted molar refractivity (Wildman–Crippen MR) is 116 cm³/mol. The molecule has 4 rings (SSSR count). The van der Waals surface area contributed by atoms with Gasteiger partial charge in [-0.3, -0.25) is 14.5 Å². The fraction of sp³-hybridized carbons (Fsp3) is 0.130. The van der Waals surface area contributed by atoms with Crippen LogP contribution in [0.25, 0.3) is 5.76 Å². The van der Waals surface area contributed by atoms with Gasteiger partial charge in [0.05, 0.1) is 5.57 Å². The molecule has 2 heterocycles. The maximum atomic E-state index is 13.1. The van der Waals surface area contributed by atoms with Gasteiger partial charge < -0.3 is 5.11 Å². The summed E-state index contributed by atoms with van der Waals surface area (Å²) in [7, 11) is 0. The molecule has 1 N–H and O–H groups in total. The van der Waals surface area contributed by atoms with E-state index < -0.39 is 17.7 Å². The molecule has 4 nitrogen and oxygen atoms in total. The first-order chi connectivity index (χ1) is 13.9. The van der Waals surface area contributed by atoms with Crippen molar-refractivity contribution >= 4 is 46.1 Å². The number of thiophene rings is 1. The number of aliphatic hydroxyl groups is 1. The standard InChI is InChI=1S/C23H18ClNO3S/c1-13-8-9-14(2)17(11-13)25-20(18-7-4-10-29-18)19(22(27)23(25)28)21(26)15-5-3-6-16(24)12-15/h3-12,20,26H,1-2H3/b21-19-. The number of aryl methyl sites for hydroxylation is 2. The van der Waals surface area contributed by atoms with Crippen LogP contribution < -0.4 is 4.90 Å². The largest absolute Gasteiger partial charge is 0.507 e. The number of amides is 1. The molecule has 2 aromatic carbocycles. The van der Waals surface area contributed by atoms with Crippen molar-refractivity contribution < 1.29 is 14.7 Å². The molecule has 1 aliphatic rings. The van der Waals surface area contributed by atoms with E-state index >= 15 is 0 Å². The lowest BCUT2D eigenvalue weighted by Gasteiger charge is -2.26. The zero-order valence-corrected chi connectivity index (χ0v) is 17.4. The smallest absolute Gasteiger partial charge is 0.300 e. The van der Waals surface area contributed by atoms with Crippen molar-refractivity contribution in [3.05, 3.63) is 92.1 Å². The Bertz CT molecular complexity index is 1150. The van der Waals surface area contributed by atoms with Crippen LogP contribution in [0.5, 0.6) is 0 Å². The molecule has 1 amide bonds. The summed E-state index contributed by atoms with van der Waals surface area (Å²) >= 11 is 7.50. The SMILES string of the molecule is Cc1ccc(C)c(N2C(=O)C(=O)/C(=C(\O)c3cccc(Cl)c3)C2c2cccs2)c1. The number of benzene rings is 2. The van der Waals surface area contributed by atoms with Crippen molar-refractivity contribution in [1.29, 1.82) is 0 Å². The minimum Gasteiger partial charge on any atom is -0.507 e. The Morgan fingerprint density at radius 2 is 1.86 bits per heavy atom. The Hall–Kier alpha value is -2.89. The van der Waals surface area contributed by atoms with Crippen molar-refractivity contribution in [2.45, 2.75) is 19.9 Å². The van der Waals surface area contributed by atoms with E-state index in [4.69, 9.17) is 11.6 Å². The highest BCUT2D eigenvalue weighted by Gasteiger charge is 2.47. The number of ketones is 1. The summed E-state index contributed by atoms with van der Waals surface area (Å²) < 4.78 is 0. The van der Waals surface area contributed by atoms with Crippen LogP contribution in [0.4, 0.5) is 5.69 Å². The van der Waals surface area contributed by atoms with Crippen LogP contribution in [0.15, 0.2) is 65.6 Å². The van der Waals surface area contributed by atoms with Crippen molar-refractivity contribution in [2.75, 3.05) is 4.90 Å². The van der Waals surface area contributed by atoms with Gasteiger partial charge in [-0.2, -0.15) is 0 Å². The second-order valence-electron chi connectivity index (χ2n) is 6.98. The van der Waals surface area contributed by atoms with Crippen molar-refractivity contribution in [3.8, 4) is 0 Å². The Morgan fingerprint density at radius 3 is 2.55 bits per heavy atom. The summed E-state index contributed by atoms with van der Waals surface area (Å²) in [6.07, 6.45) is 0. The van der Waals surface area contributed by atoms with Crippen LogP contribution in [0.1, 0.15) is 27.6 Å². The number of carbonyl (C=O) groups excluding carboxylic acids is 2. The molecular weight excluding hydrogens is 406 g/mol. The average molecular weight is 424 g/mol. The number of halogens is 1. The van der Waals surface area contributed by atoms with E-state index in [1.165, 1.54) is 16.2 Å². The van der Waals surface area contributed by atoms with E-state index in [1.807, 2.05) is 49.6 Å². The van der Waals surface area contributed by atoms with E-state index in [-0.39, 0.29) is 11.3 Å². The molecule has 1 fully saturated rings. The van der Waals surface area contributed by atoms with Gasteiger partial charge >= 0.3 is 0 Å². The Labute approximate surface area is 177 Å². The summed E-state index contributed by atoms with van der Waals surface area (Å²) in [6.45, 7) is 3.84. The second kappa shape index (κ2) is 7.50. The van der Waals surface area contributed by atoms with Crippen LogP contribution >= 0.6 is 22.9 Å². The first-order valence-electron chi connectivity index (χ1n) is 9.06. The van der Waals surface area contributed by atoms with E-state index in [0.717, 1.165) is 16.0 Å². The predicted octanol–water partition coefficient (Wildman–Crippen LogP) is 5.64. The minimum atomic E-state index is -0.707. The molecule has 1 saturated heterocycles. The lowest BCUT2D eigenvalue weighted by atomic mass is 9.99. The molecule has 1 unspecified atom stereocenters. The molecule has 0 aliphatic carbocycles.